The van der Waals surface area contributed by atoms with Gasteiger partial charge in [0.1, 0.15) is 12.6 Å². The number of rotatable bonds is 11. The molecule has 8 heteroatoms. The van der Waals surface area contributed by atoms with E-state index in [9.17, 15) is 18.0 Å². The van der Waals surface area contributed by atoms with Crippen molar-refractivity contribution in [2.75, 3.05) is 23.7 Å². The highest BCUT2D eigenvalue weighted by molar-refractivity contribution is 7.92. The Labute approximate surface area is 226 Å². The molecular weight excluding hydrogens is 498 g/mol. The maximum Gasteiger partial charge on any atom is 0.244 e. The summed E-state index contributed by atoms with van der Waals surface area (Å²) in [5, 5.41) is 2.86. The van der Waals surface area contributed by atoms with Gasteiger partial charge < -0.3 is 10.2 Å². The zero-order valence-electron chi connectivity index (χ0n) is 22.8. The Morgan fingerprint density at radius 3 is 2.05 bits per heavy atom. The summed E-state index contributed by atoms with van der Waals surface area (Å²) in [6.45, 7) is 7.72. The van der Waals surface area contributed by atoms with E-state index in [2.05, 4.69) is 5.32 Å². The van der Waals surface area contributed by atoms with Crippen molar-refractivity contribution in [2.24, 2.45) is 0 Å². The first-order valence-corrected chi connectivity index (χ1v) is 14.6. The second-order valence-corrected chi connectivity index (χ2v) is 11.6. The van der Waals surface area contributed by atoms with E-state index in [0.717, 1.165) is 38.4 Å². The molecular formula is C30H37N3O4S. The van der Waals surface area contributed by atoms with Crippen LogP contribution in [0.25, 0.3) is 0 Å². The molecule has 0 aromatic heterocycles. The van der Waals surface area contributed by atoms with Gasteiger partial charge in [0.05, 0.1) is 11.9 Å². The molecule has 0 fully saturated rings. The first-order chi connectivity index (χ1) is 18.0. The van der Waals surface area contributed by atoms with Crippen LogP contribution >= 0.6 is 0 Å². The topological polar surface area (TPSA) is 86.8 Å². The number of aryl methyl sites for hydroxylation is 3. The maximum atomic E-state index is 14.0. The zero-order valence-corrected chi connectivity index (χ0v) is 23.6. The van der Waals surface area contributed by atoms with Gasteiger partial charge in [0.2, 0.25) is 21.8 Å². The van der Waals surface area contributed by atoms with Gasteiger partial charge in [-0.15, -0.1) is 0 Å². The molecule has 0 aliphatic heterocycles. The summed E-state index contributed by atoms with van der Waals surface area (Å²) in [5.74, 6) is -0.738. The lowest BCUT2D eigenvalue weighted by molar-refractivity contribution is -0.140. The fourth-order valence-corrected chi connectivity index (χ4v) is 5.39. The highest BCUT2D eigenvalue weighted by Crippen LogP contribution is 2.23. The van der Waals surface area contributed by atoms with Gasteiger partial charge in [-0.3, -0.25) is 13.9 Å². The minimum atomic E-state index is -3.79. The van der Waals surface area contributed by atoms with Gasteiger partial charge in [-0.05, 0) is 62.1 Å². The molecule has 0 aliphatic carbocycles. The van der Waals surface area contributed by atoms with E-state index in [4.69, 9.17) is 0 Å². The van der Waals surface area contributed by atoms with Gasteiger partial charge in [-0.1, -0.05) is 66.2 Å². The summed E-state index contributed by atoms with van der Waals surface area (Å²) in [5.41, 5.74) is 4.99. The second kappa shape index (κ2) is 12.7. The van der Waals surface area contributed by atoms with Crippen molar-refractivity contribution in [3.8, 4) is 0 Å². The number of anilines is 1. The molecule has 3 aromatic rings. The summed E-state index contributed by atoms with van der Waals surface area (Å²) in [7, 11) is -3.79. The Kier molecular flexibility index (Phi) is 9.69. The molecule has 1 atom stereocenters. The van der Waals surface area contributed by atoms with E-state index in [1.54, 1.807) is 12.1 Å². The number of carbonyl (C=O) groups is 2. The third-order valence-electron chi connectivity index (χ3n) is 6.23. The largest absolute Gasteiger partial charge is 0.355 e. The van der Waals surface area contributed by atoms with Crippen molar-refractivity contribution in [1.82, 2.24) is 10.2 Å². The fraction of sp³-hybridized carbons (Fsp3) is 0.333. The first kappa shape index (κ1) is 28.9. The monoisotopic (exact) mass is 535 g/mol. The van der Waals surface area contributed by atoms with Gasteiger partial charge in [-0.2, -0.15) is 0 Å². The van der Waals surface area contributed by atoms with Crippen molar-refractivity contribution in [1.29, 1.82) is 0 Å². The van der Waals surface area contributed by atoms with Gasteiger partial charge in [0.25, 0.3) is 0 Å². The highest BCUT2D eigenvalue weighted by atomic mass is 32.2. The van der Waals surface area contributed by atoms with Gasteiger partial charge in [-0.25, -0.2) is 8.42 Å². The number of amides is 2. The SMILES string of the molecule is CCNC(=O)[C@@H](Cc1ccccc1)N(Cc1cccc(C)c1)C(=O)CN(c1cc(C)cc(C)c1)S(C)(=O)=O. The predicted octanol–water partition coefficient (Wildman–Crippen LogP) is 4.15. The molecule has 2 amide bonds. The molecule has 0 heterocycles. The molecule has 3 rings (SSSR count). The van der Waals surface area contributed by atoms with Gasteiger partial charge >= 0.3 is 0 Å². The molecule has 0 radical (unpaired) electrons. The molecule has 7 nitrogen and oxygen atoms in total. The van der Waals surface area contributed by atoms with E-state index in [0.29, 0.717) is 18.7 Å². The molecule has 0 saturated carbocycles. The van der Waals surface area contributed by atoms with Crippen LogP contribution in [0.15, 0.2) is 72.8 Å². The Hall–Kier alpha value is -3.65. The summed E-state index contributed by atoms with van der Waals surface area (Å²) >= 11 is 0. The Bertz CT molecular complexity index is 1350. The van der Waals surface area contributed by atoms with Crippen LogP contribution < -0.4 is 9.62 Å². The molecule has 202 valence electrons. The smallest absolute Gasteiger partial charge is 0.244 e. The van der Waals surface area contributed by atoms with Crippen LogP contribution in [-0.4, -0.2) is 50.5 Å². The zero-order chi connectivity index (χ0) is 27.9. The van der Waals surface area contributed by atoms with Crippen molar-refractivity contribution >= 4 is 27.5 Å². The molecule has 0 saturated heterocycles. The number of nitrogens with zero attached hydrogens (tertiary/aromatic N) is 2. The maximum absolute atomic E-state index is 14.0. The number of hydrogen-bond donors (Lipinski definition) is 1. The summed E-state index contributed by atoms with van der Waals surface area (Å²) in [4.78, 5) is 28.9. The van der Waals surface area contributed by atoms with Crippen LogP contribution in [0.3, 0.4) is 0 Å². The Balaban J connectivity index is 2.06. The first-order valence-electron chi connectivity index (χ1n) is 12.7. The van der Waals surface area contributed by atoms with Crippen LogP contribution in [0, 0.1) is 20.8 Å². The number of benzene rings is 3. The second-order valence-electron chi connectivity index (χ2n) is 9.73. The molecule has 38 heavy (non-hydrogen) atoms. The standard InChI is InChI=1S/C30H37N3O4S/c1-6-31-30(35)28(19-25-12-8-7-9-13-25)32(20-26-14-10-11-22(2)16-26)29(34)21-33(38(5,36)37)27-17-23(3)15-24(4)18-27/h7-18,28H,6,19-21H2,1-5H3,(H,31,35)/t28-/m1/s1. The Morgan fingerprint density at radius 2 is 1.47 bits per heavy atom. The highest BCUT2D eigenvalue weighted by Gasteiger charge is 2.33. The minimum absolute atomic E-state index is 0.166. The third kappa shape index (κ3) is 7.92. The van der Waals surface area contributed by atoms with Crippen LogP contribution in [0.1, 0.15) is 34.7 Å². The number of sulfonamides is 1. The van der Waals surface area contributed by atoms with Gasteiger partial charge in [0.15, 0.2) is 0 Å². The summed E-state index contributed by atoms with van der Waals surface area (Å²) in [6.07, 6.45) is 1.39. The van der Waals surface area contributed by atoms with E-state index in [1.807, 2.05) is 88.4 Å². The van der Waals surface area contributed by atoms with Crippen molar-refractivity contribution in [2.45, 2.75) is 46.7 Å². The van der Waals surface area contributed by atoms with Crippen molar-refractivity contribution in [3.05, 3.63) is 101 Å². The van der Waals surface area contributed by atoms with Crippen LogP contribution in [-0.2, 0) is 32.6 Å². The minimum Gasteiger partial charge on any atom is -0.355 e. The van der Waals surface area contributed by atoms with Crippen molar-refractivity contribution < 1.29 is 18.0 Å². The normalized spacial score (nSPS) is 12.0. The average molecular weight is 536 g/mol. The Morgan fingerprint density at radius 1 is 0.842 bits per heavy atom. The summed E-state index contributed by atoms with van der Waals surface area (Å²) < 4.78 is 26.9. The molecule has 3 aromatic carbocycles. The molecule has 1 N–H and O–H groups in total. The van der Waals surface area contributed by atoms with Crippen LogP contribution in [0.4, 0.5) is 5.69 Å². The number of hydrogen-bond acceptors (Lipinski definition) is 4. The lowest BCUT2D eigenvalue weighted by Gasteiger charge is -2.33. The molecule has 0 unspecified atom stereocenters. The van der Waals surface area contributed by atoms with E-state index in [-0.39, 0.29) is 12.5 Å². The van der Waals surface area contributed by atoms with Crippen LogP contribution in [0.5, 0.6) is 0 Å². The molecule has 0 bridgehead atoms. The fourth-order valence-electron chi connectivity index (χ4n) is 4.56. The number of likely N-dealkylation sites (N-methyl/N-ethyl adjacent to an activating group) is 1. The van der Waals surface area contributed by atoms with E-state index in [1.165, 1.54) is 4.90 Å². The van der Waals surface area contributed by atoms with E-state index >= 15 is 0 Å². The average Bonchev–Trinajstić information content (AvgIpc) is 2.84. The number of carbonyl (C=O) groups excluding carboxylic acids is 2. The quantitative estimate of drug-likeness (QED) is 0.400. The van der Waals surface area contributed by atoms with Gasteiger partial charge in [0, 0.05) is 19.5 Å². The summed E-state index contributed by atoms with van der Waals surface area (Å²) in [6, 6.07) is 21.9. The lowest BCUT2D eigenvalue weighted by Crippen LogP contribution is -2.53. The lowest BCUT2D eigenvalue weighted by atomic mass is 10.0. The third-order valence-corrected chi connectivity index (χ3v) is 7.37. The molecule has 0 aliphatic rings. The van der Waals surface area contributed by atoms with E-state index < -0.39 is 28.5 Å². The number of nitrogens with one attached hydrogen (secondary N) is 1. The molecule has 0 spiro atoms. The van der Waals surface area contributed by atoms with Crippen LogP contribution in [0.2, 0.25) is 0 Å². The van der Waals surface area contributed by atoms with Crippen molar-refractivity contribution in [3.63, 3.8) is 0 Å². The predicted molar refractivity (Wildman–Crippen MR) is 152 cm³/mol.